The van der Waals surface area contributed by atoms with Gasteiger partial charge in [-0.15, -0.1) is 0 Å². The van der Waals surface area contributed by atoms with E-state index in [1.54, 1.807) is 38.7 Å². The van der Waals surface area contributed by atoms with E-state index in [1.807, 2.05) is 0 Å². The standard InChI is InChI=1S/C20H27FN2O3/c1-6-14-10-13(2)16(11-17(14)21)18(24)23-9-7-8-15(12-23)22-19(25)26-20(3,4)5/h6,10-11,15H,1,7-9,12H2,2-5H3,(H,22,25)/t15-/m1/s1. The maximum Gasteiger partial charge on any atom is 0.407 e. The molecular formula is C20H27FN2O3. The minimum absolute atomic E-state index is 0.180. The van der Waals surface area contributed by atoms with Gasteiger partial charge in [-0.25, -0.2) is 9.18 Å². The number of alkyl carbamates (subject to hydrolysis) is 1. The summed E-state index contributed by atoms with van der Waals surface area (Å²) < 4.78 is 19.3. The molecule has 26 heavy (non-hydrogen) atoms. The van der Waals surface area contributed by atoms with Gasteiger partial charge >= 0.3 is 6.09 Å². The molecule has 1 aliphatic rings. The lowest BCUT2D eigenvalue weighted by molar-refractivity contribution is 0.0452. The number of likely N-dealkylation sites (tertiary alicyclic amines) is 1. The Kier molecular flexibility index (Phi) is 6.05. The van der Waals surface area contributed by atoms with Crippen molar-refractivity contribution >= 4 is 18.1 Å². The highest BCUT2D eigenvalue weighted by Gasteiger charge is 2.28. The summed E-state index contributed by atoms with van der Waals surface area (Å²) in [7, 11) is 0. The summed E-state index contributed by atoms with van der Waals surface area (Å²) in [6.07, 6.45) is 2.47. The van der Waals surface area contributed by atoms with E-state index in [1.165, 1.54) is 12.1 Å². The third-order valence-corrected chi connectivity index (χ3v) is 4.22. The number of nitrogens with zero attached hydrogens (tertiary/aromatic N) is 1. The van der Waals surface area contributed by atoms with Crippen LogP contribution < -0.4 is 5.32 Å². The number of carbonyl (C=O) groups excluding carboxylic acids is 2. The molecule has 1 fully saturated rings. The summed E-state index contributed by atoms with van der Waals surface area (Å²) in [5.74, 6) is -0.693. The lowest BCUT2D eigenvalue weighted by atomic mass is 10.0. The molecule has 1 saturated heterocycles. The molecule has 5 nitrogen and oxygen atoms in total. The first-order valence-electron chi connectivity index (χ1n) is 8.82. The van der Waals surface area contributed by atoms with E-state index >= 15 is 0 Å². The van der Waals surface area contributed by atoms with Crippen LogP contribution in [0.3, 0.4) is 0 Å². The van der Waals surface area contributed by atoms with Crippen molar-refractivity contribution in [1.29, 1.82) is 0 Å². The van der Waals surface area contributed by atoms with Crippen LogP contribution in [0.1, 0.15) is 55.1 Å². The Balaban J connectivity index is 2.07. The van der Waals surface area contributed by atoms with Gasteiger partial charge in [-0.1, -0.05) is 12.7 Å². The van der Waals surface area contributed by atoms with Gasteiger partial charge in [-0.2, -0.15) is 0 Å². The SMILES string of the molecule is C=Cc1cc(C)c(C(=O)N2CCC[C@@H](NC(=O)OC(C)(C)C)C2)cc1F. The third kappa shape index (κ3) is 5.07. The highest BCUT2D eigenvalue weighted by molar-refractivity contribution is 5.96. The van der Waals surface area contributed by atoms with Crippen LogP contribution in [0, 0.1) is 12.7 Å². The molecule has 1 aliphatic heterocycles. The number of hydrogen-bond donors (Lipinski definition) is 1. The van der Waals surface area contributed by atoms with Crippen LogP contribution in [0.25, 0.3) is 6.08 Å². The first kappa shape index (κ1) is 19.9. The van der Waals surface area contributed by atoms with Gasteiger partial charge in [0, 0.05) is 30.3 Å². The average molecular weight is 362 g/mol. The van der Waals surface area contributed by atoms with Crippen LogP contribution in [0.2, 0.25) is 0 Å². The zero-order valence-corrected chi connectivity index (χ0v) is 15.9. The fourth-order valence-corrected chi connectivity index (χ4v) is 3.01. The predicted molar refractivity (Wildman–Crippen MR) is 99.5 cm³/mol. The summed E-state index contributed by atoms with van der Waals surface area (Å²) in [6, 6.07) is 2.70. The van der Waals surface area contributed by atoms with Gasteiger partial charge in [0.25, 0.3) is 5.91 Å². The maximum absolute atomic E-state index is 14.0. The number of carbonyl (C=O) groups is 2. The highest BCUT2D eigenvalue weighted by atomic mass is 19.1. The highest BCUT2D eigenvalue weighted by Crippen LogP contribution is 2.20. The Hall–Kier alpha value is -2.37. The molecule has 0 saturated carbocycles. The second-order valence-corrected chi connectivity index (χ2v) is 7.63. The number of rotatable bonds is 3. The van der Waals surface area contributed by atoms with Crippen molar-refractivity contribution in [2.45, 2.75) is 52.2 Å². The summed E-state index contributed by atoms with van der Waals surface area (Å²) >= 11 is 0. The third-order valence-electron chi connectivity index (χ3n) is 4.22. The van der Waals surface area contributed by atoms with Crippen molar-refractivity contribution in [3.63, 3.8) is 0 Å². The number of ether oxygens (including phenoxy) is 1. The Morgan fingerprint density at radius 3 is 2.69 bits per heavy atom. The van der Waals surface area contributed by atoms with Crippen LogP contribution >= 0.6 is 0 Å². The minimum Gasteiger partial charge on any atom is -0.444 e. The van der Waals surface area contributed by atoms with Crippen molar-refractivity contribution in [3.05, 3.63) is 41.2 Å². The second-order valence-electron chi connectivity index (χ2n) is 7.63. The molecule has 0 bridgehead atoms. The van der Waals surface area contributed by atoms with Crippen molar-refractivity contribution in [1.82, 2.24) is 10.2 Å². The topological polar surface area (TPSA) is 58.6 Å². The van der Waals surface area contributed by atoms with E-state index in [-0.39, 0.29) is 11.9 Å². The van der Waals surface area contributed by atoms with Crippen molar-refractivity contribution in [2.24, 2.45) is 0 Å². The second kappa shape index (κ2) is 7.89. The molecule has 0 unspecified atom stereocenters. The van der Waals surface area contributed by atoms with Crippen molar-refractivity contribution < 1.29 is 18.7 Å². The molecule has 1 atom stereocenters. The Bertz CT molecular complexity index is 710. The molecule has 2 amide bonds. The number of aryl methyl sites for hydroxylation is 1. The molecule has 1 aromatic rings. The fraction of sp³-hybridized carbons (Fsp3) is 0.500. The minimum atomic E-state index is -0.574. The normalized spacial score (nSPS) is 17.6. The number of benzene rings is 1. The van der Waals surface area contributed by atoms with Crippen LogP contribution in [0.5, 0.6) is 0 Å². The number of piperidine rings is 1. The monoisotopic (exact) mass is 362 g/mol. The van der Waals surface area contributed by atoms with Crippen LogP contribution in [-0.4, -0.2) is 41.6 Å². The van der Waals surface area contributed by atoms with Crippen LogP contribution in [0.4, 0.5) is 9.18 Å². The number of halogens is 1. The molecule has 0 spiro atoms. The van der Waals surface area contributed by atoms with E-state index in [4.69, 9.17) is 4.74 Å². The molecule has 1 heterocycles. The van der Waals surface area contributed by atoms with Gasteiger partial charge in [0.05, 0.1) is 0 Å². The number of hydrogen-bond acceptors (Lipinski definition) is 3. The van der Waals surface area contributed by atoms with E-state index in [0.717, 1.165) is 12.8 Å². The number of amides is 2. The first-order chi connectivity index (χ1) is 12.1. The van der Waals surface area contributed by atoms with Gasteiger partial charge in [0.15, 0.2) is 0 Å². The molecule has 2 rings (SSSR count). The largest absolute Gasteiger partial charge is 0.444 e. The van der Waals surface area contributed by atoms with Gasteiger partial charge in [0.2, 0.25) is 0 Å². The molecule has 1 N–H and O–H groups in total. The summed E-state index contributed by atoms with van der Waals surface area (Å²) in [4.78, 5) is 26.4. The lowest BCUT2D eigenvalue weighted by Gasteiger charge is -2.34. The van der Waals surface area contributed by atoms with E-state index in [9.17, 15) is 14.0 Å². The zero-order valence-electron chi connectivity index (χ0n) is 15.9. The quantitative estimate of drug-likeness (QED) is 0.887. The molecule has 142 valence electrons. The lowest BCUT2D eigenvalue weighted by Crippen LogP contribution is -2.50. The molecule has 1 aromatic carbocycles. The Labute approximate surface area is 154 Å². The van der Waals surface area contributed by atoms with E-state index in [0.29, 0.717) is 29.8 Å². The first-order valence-corrected chi connectivity index (χ1v) is 8.82. The smallest absolute Gasteiger partial charge is 0.407 e. The van der Waals surface area contributed by atoms with Gasteiger partial charge < -0.3 is 15.0 Å². The molecule has 0 aromatic heterocycles. The molecule has 0 aliphatic carbocycles. The number of nitrogens with one attached hydrogen (secondary N) is 1. The summed E-state index contributed by atoms with van der Waals surface area (Å²) in [5.41, 5.74) is 0.845. The van der Waals surface area contributed by atoms with Gasteiger partial charge in [-0.05, 0) is 58.2 Å². The Morgan fingerprint density at radius 1 is 1.38 bits per heavy atom. The Morgan fingerprint density at radius 2 is 2.08 bits per heavy atom. The molecule has 0 radical (unpaired) electrons. The summed E-state index contributed by atoms with van der Waals surface area (Å²) in [6.45, 7) is 11.7. The van der Waals surface area contributed by atoms with Crippen LogP contribution in [0.15, 0.2) is 18.7 Å². The van der Waals surface area contributed by atoms with E-state index in [2.05, 4.69) is 11.9 Å². The van der Waals surface area contributed by atoms with E-state index < -0.39 is 17.5 Å². The average Bonchev–Trinajstić information content (AvgIpc) is 2.54. The van der Waals surface area contributed by atoms with Crippen molar-refractivity contribution in [2.75, 3.05) is 13.1 Å². The van der Waals surface area contributed by atoms with Crippen molar-refractivity contribution in [3.8, 4) is 0 Å². The molecule has 6 heteroatoms. The predicted octanol–water partition coefficient (Wildman–Crippen LogP) is 3.91. The zero-order chi connectivity index (χ0) is 19.5. The van der Waals surface area contributed by atoms with Gasteiger partial charge in [0.1, 0.15) is 11.4 Å². The fourth-order valence-electron chi connectivity index (χ4n) is 3.01. The maximum atomic E-state index is 14.0. The summed E-state index contributed by atoms with van der Waals surface area (Å²) in [5, 5.41) is 2.81. The van der Waals surface area contributed by atoms with Gasteiger partial charge in [-0.3, -0.25) is 4.79 Å². The van der Waals surface area contributed by atoms with Crippen LogP contribution in [-0.2, 0) is 4.74 Å². The molecular weight excluding hydrogens is 335 g/mol.